The molecule has 2 aromatic rings. The maximum Gasteiger partial charge on any atom is 0.269 e. The zero-order valence-electron chi connectivity index (χ0n) is 12.9. The lowest BCUT2D eigenvalue weighted by Gasteiger charge is -2.09. The summed E-state index contributed by atoms with van der Waals surface area (Å²) in [7, 11) is 0. The van der Waals surface area contributed by atoms with Crippen LogP contribution in [-0.2, 0) is 4.79 Å². The number of nitrogens with one attached hydrogen (secondary N) is 3. The summed E-state index contributed by atoms with van der Waals surface area (Å²) in [6.45, 7) is 3.58. The summed E-state index contributed by atoms with van der Waals surface area (Å²) in [5, 5.41) is 2.93. The van der Waals surface area contributed by atoms with Crippen molar-refractivity contribution in [3.8, 4) is 0 Å². The molecule has 6 heteroatoms. The maximum atomic E-state index is 13.4. The Balaban J connectivity index is 1.80. The van der Waals surface area contributed by atoms with Crippen molar-refractivity contribution >= 4 is 17.5 Å². The fraction of sp³-hybridized carbons (Fsp3) is 0.176. The highest BCUT2D eigenvalue weighted by Crippen LogP contribution is 2.09. The minimum absolute atomic E-state index is 0.00556. The number of benzene rings is 2. The van der Waals surface area contributed by atoms with Crippen LogP contribution in [0.3, 0.4) is 0 Å². The average Bonchev–Trinajstić information content (AvgIpc) is 2.54. The third-order valence-electron chi connectivity index (χ3n) is 3.25. The van der Waals surface area contributed by atoms with E-state index in [-0.39, 0.29) is 12.1 Å². The molecule has 3 N–H and O–H groups in total. The molecule has 0 heterocycles. The lowest BCUT2D eigenvalue weighted by molar-refractivity contribution is -0.120. The fourth-order valence-electron chi connectivity index (χ4n) is 1.83. The summed E-state index contributed by atoms with van der Waals surface area (Å²) in [4.78, 5) is 23.5. The molecule has 0 aromatic heterocycles. The minimum atomic E-state index is -0.576. The van der Waals surface area contributed by atoms with E-state index in [9.17, 15) is 14.0 Å². The van der Waals surface area contributed by atoms with E-state index in [2.05, 4.69) is 16.2 Å². The van der Waals surface area contributed by atoms with Gasteiger partial charge in [0.15, 0.2) is 0 Å². The Hall–Kier alpha value is -2.89. The Kier molecular flexibility index (Phi) is 5.30. The first kappa shape index (κ1) is 16.5. The van der Waals surface area contributed by atoms with Gasteiger partial charge in [0.1, 0.15) is 5.82 Å². The van der Waals surface area contributed by atoms with E-state index in [1.165, 1.54) is 12.1 Å². The van der Waals surface area contributed by atoms with Crippen LogP contribution in [-0.4, -0.2) is 18.4 Å². The average molecular weight is 315 g/mol. The molecule has 0 aliphatic heterocycles. The SMILES string of the molecule is Cc1ccc(NCC(=O)NNC(=O)c2ccc(C)c(F)c2)cc1. The number of rotatable bonds is 4. The van der Waals surface area contributed by atoms with Gasteiger partial charge in [0.05, 0.1) is 6.54 Å². The second-order valence-corrected chi connectivity index (χ2v) is 5.19. The molecule has 23 heavy (non-hydrogen) atoms. The van der Waals surface area contributed by atoms with Crippen LogP contribution in [0.2, 0.25) is 0 Å². The van der Waals surface area contributed by atoms with Gasteiger partial charge in [-0.1, -0.05) is 23.8 Å². The predicted molar refractivity (Wildman–Crippen MR) is 86.4 cm³/mol. The van der Waals surface area contributed by atoms with Gasteiger partial charge in [-0.3, -0.25) is 20.4 Å². The Morgan fingerprint density at radius 3 is 2.35 bits per heavy atom. The van der Waals surface area contributed by atoms with E-state index in [0.29, 0.717) is 5.56 Å². The first-order valence-electron chi connectivity index (χ1n) is 7.11. The molecule has 2 aromatic carbocycles. The number of hydrazine groups is 1. The van der Waals surface area contributed by atoms with Crippen LogP contribution in [0.25, 0.3) is 0 Å². The third kappa shape index (κ3) is 4.81. The summed E-state index contributed by atoms with van der Waals surface area (Å²) >= 11 is 0. The number of hydrogen-bond donors (Lipinski definition) is 3. The van der Waals surface area contributed by atoms with Crippen LogP contribution in [0.4, 0.5) is 10.1 Å². The highest BCUT2D eigenvalue weighted by molar-refractivity contribution is 5.95. The molecule has 0 saturated heterocycles. The molecule has 120 valence electrons. The van der Waals surface area contributed by atoms with E-state index in [1.54, 1.807) is 6.92 Å². The second kappa shape index (κ2) is 7.40. The second-order valence-electron chi connectivity index (χ2n) is 5.19. The largest absolute Gasteiger partial charge is 0.376 e. The van der Waals surface area contributed by atoms with E-state index in [1.807, 2.05) is 31.2 Å². The number of carbonyl (C=O) groups is 2. The van der Waals surface area contributed by atoms with Crippen LogP contribution in [0, 0.1) is 19.7 Å². The van der Waals surface area contributed by atoms with Crippen LogP contribution in [0.15, 0.2) is 42.5 Å². The van der Waals surface area contributed by atoms with E-state index in [4.69, 9.17) is 0 Å². The van der Waals surface area contributed by atoms with E-state index in [0.717, 1.165) is 17.3 Å². The van der Waals surface area contributed by atoms with E-state index < -0.39 is 17.6 Å². The van der Waals surface area contributed by atoms with Crippen LogP contribution in [0.1, 0.15) is 21.5 Å². The Morgan fingerprint density at radius 2 is 1.70 bits per heavy atom. The quantitative estimate of drug-likeness (QED) is 0.758. The summed E-state index contributed by atoms with van der Waals surface area (Å²) in [6.07, 6.45) is 0. The summed E-state index contributed by atoms with van der Waals surface area (Å²) < 4.78 is 13.4. The van der Waals surface area contributed by atoms with Gasteiger partial charge in [-0.15, -0.1) is 0 Å². The summed E-state index contributed by atoms with van der Waals surface area (Å²) in [6, 6.07) is 11.7. The normalized spacial score (nSPS) is 10.0. The lowest BCUT2D eigenvalue weighted by Crippen LogP contribution is -2.44. The van der Waals surface area contributed by atoms with Gasteiger partial charge in [-0.05, 0) is 43.7 Å². The molecular formula is C17H18FN3O2. The molecule has 0 aliphatic rings. The number of carbonyl (C=O) groups excluding carboxylic acids is 2. The molecule has 0 bridgehead atoms. The Labute approximate surface area is 133 Å². The van der Waals surface area contributed by atoms with Crippen molar-refractivity contribution in [2.75, 3.05) is 11.9 Å². The maximum absolute atomic E-state index is 13.4. The summed E-state index contributed by atoms with van der Waals surface area (Å²) in [5.74, 6) is -1.45. The molecule has 5 nitrogen and oxygen atoms in total. The van der Waals surface area contributed by atoms with Gasteiger partial charge >= 0.3 is 0 Å². The first-order valence-corrected chi connectivity index (χ1v) is 7.11. The van der Waals surface area contributed by atoms with Gasteiger partial charge < -0.3 is 5.32 Å². The topological polar surface area (TPSA) is 70.2 Å². The molecule has 0 aliphatic carbocycles. The highest BCUT2D eigenvalue weighted by Gasteiger charge is 2.09. The monoisotopic (exact) mass is 315 g/mol. The zero-order chi connectivity index (χ0) is 16.8. The van der Waals surface area contributed by atoms with E-state index >= 15 is 0 Å². The van der Waals surface area contributed by atoms with Gasteiger partial charge in [-0.25, -0.2) is 4.39 Å². The minimum Gasteiger partial charge on any atom is -0.376 e. The lowest BCUT2D eigenvalue weighted by atomic mass is 10.1. The van der Waals surface area contributed by atoms with Gasteiger partial charge in [0.2, 0.25) is 0 Å². The van der Waals surface area contributed by atoms with Crippen molar-refractivity contribution in [3.63, 3.8) is 0 Å². The third-order valence-corrected chi connectivity index (χ3v) is 3.25. The van der Waals surface area contributed by atoms with Crippen LogP contribution < -0.4 is 16.2 Å². The van der Waals surface area contributed by atoms with Crippen molar-refractivity contribution in [2.45, 2.75) is 13.8 Å². The summed E-state index contributed by atoms with van der Waals surface area (Å²) in [5.41, 5.74) is 7.04. The predicted octanol–water partition coefficient (Wildman–Crippen LogP) is 2.32. The number of aryl methyl sites for hydroxylation is 2. The Morgan fingerprint density at radius 1 is 1.00 bits per heavy atom. The molecule has 2 rings (SSSR count). The molecule has 0 unspecified atom stereocenters. The van der Waals surface area contributed by atoms with Crippen molar-refractivity contribution in [3.05, 3.63) is 65.0 Å². The fourth-order valence-corrected chi connectivity index (χ4v) is 1.83. The molecule has 2 amide bonds. The molecular weight excluding hydrogens is 297 g/mol. The van der Waals surface area contributed by atoms with Gasteiger partial charge in [0, 0.05) is 11.3 Å². The van der Waals surface area contributed by atoms with Crippen LogP contribution >= 0.6 is 0 Å². The molecule has 0 atom stereocenters. The van der Waals surface area contributed by atoms with Crippen molar-refractivity contribution < 1.29 is 14.0 Å². The van der Waals surface area contributed by atoms with Gasteiger partial charge in [0.25, 0.3) is 11.8 Å². The number of hydrogen-bond acceptors (Lipinski definition) is 3. The standard InChI is InChI=1S/C17H18FN3O2/c1-11-3-7-14(8-4-11)19-10-16(22)20-21-17(23)13-6-5-12(2)15(18)9-13/h3-9,19H,10H2,1-2H3,(H,20,22)(H,21,23). The molecule has 0 radical (unpaired) electrons. The van der Waals surface area contributed by atoms with Crippen molar-refractivity contribution in [1.29, 1.82) is 0 Å². The molecule has 0 spiro atoms. The van der Waals surface area contributed by atoms with Crippen molar-refractivity contribution in [2.24, 2.45) is 0 Å². The number of amides is 2. The van der Waals surface area contributed by atoms with Crippen LogP contribution in [0.5, 0.6) is 0 Å². The molecule has 0 fully saturated rings. The van der Waals surface area contributed by atoms with Gasteiger partial charge in [-0.2, -0.15) is 0 Å². The number of anilines is 1. The smallest absolute Gasteiger partial charge is 0.269 e. The zero-order valence-corrected chi connectivity index (χ0v) is 12.9. The highest BCUT2D eigenvalue weighted by atomic mass is 19.1. The Bertz CT molecular complexity index is 714. The molecule has 0 saturated carbocycles. The van der Waals surface area contributed by atoms with Crippen molar-refractivity contribution in [1.82, 2.24) is 10.9 Å². The number of halogens is 1. The first-order chi connectivity index (χ1) is 11.0.